The molecule has 5 heteroatoms. The van der Waals surface area contributed by atoms with Crippen LogP contribution in [0.4, 0.5) is 0 Å². The highest BCUT2D eigenvalue weighted by Gasteiger charge is 2.13. The molecule has 0 aliphatic rings. The Kier molecular flexibility index (Phi) is 3.08. The van der Waals surface area contributed by atoms with E-state index in [1.54, 1.807) is 16.8 Å². The number of aromatic hydroxyl groups is 1. The van der Waals surface area contributed by atoms with Crippen LogP contribution in [-0.4, -0.2) is 20.7 Å². The van der Waals surface area contributed by atoms with Gasteiger partial charge in [-0.3, -0.25) is 0 Å². The molecule has 2 aromatic carbocycles. The fourth-order valence-corrected chi connectivity index (χ4v) is 2.49. The summed E-state index contributed by atoms with van der Waals surface area (Å²) in [7, 11) is 0. The SMILES string of the molecule is Cc1ccc2c(C#N)cn(-c3ccc(C(=O)O)c(O)c3)c2c1. The number of rotatable bonds is 2. The van der Waals surface area contributed by atoms with Crippen LogP contribution < -0.4 is 0 Å². The summed E-state index contributed by atoms with van der Waals surface area (Å²) in [6, 6.07) is 12.2. The van der Waals surface area contributed by atoms with Gasteiger partial charge in [-0.15, -0.1) is 0 Å². The minimum absolute atomic E-state index is 0.156. The van der Waals surface area contributed by atoms with Crippen molar-refractivity contribution < 1.29 is 15.0 Å². The maximum absolute atomic E-state index is 11.0. The number of nitrogens with zero attached hydrogens (tertiary/aromatic N) is 2. The van der Waals surface area contributed by atoms with Gasteiger partial charge < -0.3 is 14.8 Å². The Bertz CT molecular complexity index is 948. The highest BCUT2D eigenvalue weighted by atomic mass is 16.4. The molecule has 0 fully saturated rings. The molecule has 0 aliphatic carbocycles. The molecule has 3 rings (SSSR count). The van der Waals surface area contributed by atoms with E-state index in [0.717, 1.165) is 16.5 Å². The van der Waals surface area contributed by atoms with E-state index in [2.05, 4.69) is 6.07 Å². The van der Waals surface area contributed by atoms with Gasteiger partial charge in [0.05, 0.1) is 11.1 Å². The first-order valence-corrected chi connectivity index (χ1v) is 6.60. The van der Waals surface area contributed by atoms with Gasteiger partial charge in [0.2, 0.25) is 0 Å². The summed E-state index contributed by atoms with van der Waals surface area (Å²) in [5, 5.41) is 28.9. The van der Waals surface area contributed by atoms with Crippen LogP contribution in [0.3, 0.4) is 0 Å². The third-order valence-electron chi connectivity index (χ3n) is 3.57. The molecule has 1 heterocycles. The van der Waals surface area contributed by atoms with Crippen molar-refractivity contribution in [1.29, 1.82) is 5.26 Å². The standard InChI is InChI=1S/C17H12N2O3/c1-10-2-4-13-11(8-18)9-19(15(13)6-10)12-3-5-14(17(21)22)16(20)7-12/h2-7,9,20H,1H3,(H,21,22). The monoisotopic (exact) mass is 292 g/mol. The molecule has 0 saturated carbocycles. The average Bonchev–Trinajstić information content (AvgIpc) is 2.84. The molecular weight excluding hydrogens is 280 g/mol. The number of hydrogen-bond acceptors (Lipinski definition) is 3. The van der Waals surface area contributed by atoms with Gasteiger partial charge in [0, 0.05) is 23.3 Å². The smallest absolute Gasteiger partial charge is 0.339 e. The Morgan fingerprint density at radius 1 is 1.23 bits per heavy atom. The predicted molar refractivity (Wildman–Crippen MR) is 81.4 cm³/mol. The normalized spacial score (nSPS) is 10.5. The molecule has 0 unspecified atom stereocenters. The quantitative estimate of drug-likeness (QED) is 0.759. The van der Waals surface area contributed by atoms with Crippen LogP contribution in [-0.2, 0) is 0 Å². The number of nitriles is 1. The van der Waals surface area contributed by atoms with Crippen LogP contribution in [0.5, 0.6) is 5.75 Å². The van der Waals surface area contributed by atoms with Crippen molar-refractivity contribution in [2.75, 3.05) is 0 Å². The molecule has 22 heavy (non-hydrogen) atoms. The van der Waals surface area contributed by atoms with Gasteiger partial charge in [-0.25, -0.2) is 4.79 Å². The lowest BCUT2D eigenvalue weighted by Gasteiger charge is -2.08. The van der Waals surface area contributed by atoms with Crippen molar-refractivity contribution in [3.05, 3.63) is 59.3 Å². The van der Waals surface area contributed by atoms with E-state index in [1.807, 2.05) is 25.1 Å². The molecule has 0 saturated heterocycles. The second-order valence-electron chi connectivity index (χ2n) is 5.05. The summed E-state index contributed by atoms with van der Waals surface area (Å²) in [4.78, 5) is 11.0. The summed E-state index contributed by atoms with van der Waals surface area (Å²) >= 11 is 0. The Morgan fingerprint density at radius 2 is 2.00 bits per heavy atom. The Balaban J connectivity index is 2.27. The number of aryl methyl sites for hydroxylation is 1. The molecule has 0 bridgehead atoms. The maximum atomic E-state index is 11.0. The highest BCUT2D eigenvalue weighted by molar-refractivity contribution is 5.92. The maximum Gasteiger partial charge on any atom is 0.339 e. The van der Waals surface area contributed by atoms with Crippen molar-refractivity contribution in [1.82, 2.24) is 4.57 Å². The van der Waals surface area contributed by atoms with Gasteiger partial charge in [0.1, 0.15) is 17.4 Å². The van der Waals surface area contributed by atoms with E-state index < -0.39 is 5.97 Å². The molecule has 0 radical (unpaired) electrons. The second-order valence-corrected chi connectivity index (χ2v) is 5.05. The van der Waals surface area contributed by atoms with Gasteiger partial charge in [-0.05, 0) is 30.7 Å². The number of aromatic carboxylic acids is 1. The van der Waals surface area contributed by atoms with E-state index in [1.165, 1.54) is 12.1 Å². The van der Waals surface area contributed by atoms with Crippen molar-refractivity contribution >= 4 is 16.9 Å². The minimum Gasteiger partial charge on any atom is -0.507 e. The fraction of sp³-hybridized carbons (Fsp3) is 0.0588. The summed E-state index contributed by atoms with van der Waals surface area (Å²) in [5.74, 6) is -1.49. The lowest BCUT2D eigenvalue weighted by Crippen LogP contribution is -1.99. The average molecular weight is 292 g/mol. The fourth-order valence-electron chi connectivity index (χ4n) is 2.49. The van der Waals surface area contributed by atoms with Crippen LogP contribution in [0.15, 0.2) is 42.6 Å². The zero-order chi connectivity index (χ0) is 15.9. The van der Waals surface area contributed by atoms with E-state index in [-0.39, 0.29) is 11.3 Å². The number of benzene rings is 2. The first-order chi connectivity index (χ1) is 10.5. The predicted octanol–water partition coefficient (Wildman–Crippen LogP) is 3.21. The van der Waals surface area contributed by atoms with E-state index >= 15 is 0 Å². The number of fused-ring (bicyclic) bond motifs is 1. The van der Waals surface area contributed by atoms with Crippen molar-refractivity contribution in [3.63, 3.8) is 0 Å². The van der Waals surface area contributed by atoms with Crippen LogP contribution in [0.1, 0.15) is 21.5 Å². The first-order valence-electron chi connectivity index (χ1n) is 6.60. The molecule has 0 spiro atoms. The molecule has 3 aromatic rings. The largest absolute Gasteiger partial charge is 0.507 e. The topological polar surface area (TPSA) is 86.2 Å². The summed E-state index contributed by atoms with van der Waals surface area (Å²) in [6.45, 7) is 1.95. The molecule has 5 nitrogen and oxygen atoms in total. The van der Waals surface area contributed by atoms with Gasteiger partial charge >= 0.3 is 5.97 Å². The van der Waals surface area contributed by atoms with E-state index in [9.17, 15) is 15.2 Å². The number of phenols is 1. The van der Waals surface area contributed by atoms with Gasteiger partial charge in [-0.2, -0.15) is 5.26 Å². The molecule has 0 aliphatic heterocycles. The van der Waals surface area contributed by atoms with E-state index in [0.29, 0.717) is 11.3 Å². The molecular formula is C17H12N2O3. The van der Waals surface area contributed by atoms with E-state index in [4.69, 9.17) is 5.11 Å². The Morgan fingerprint density at radius 3 is 2.64 bits per heavy atom. The third-order valence-corrected chi connectivity index (χ3v) is 3.57. The summed E-state index contributed by atoms with van der Waals surface area (Å²) < 4.78 is 1.77. The second kappa shape index (κ2) is 4.93. The van der Waals surface area contributed by atoms with Crippen molar-refractivity contribution in [2.45, 2.75) is 6.92 Å². The zero-order valence-electron chi connectivity index (χ0n) is 11.7. The lowest BCUT2D eigenvalue weighted by atomic mass is 10.1. The number of aromatic nitrogens is 1. The summed E-state index contributed by atoms with van der Waals surface area (Å²) in [5.41, 5.74) is 2.84. The highest BCUT2D eigenvalue weighted by Crippen LogP contribution is 2.28. The number of carbonyl (C=O) groups is 1. The van der Waals surface area contributed by atoms with Crippen molar-refractivity contribution in [2.24, 2.45) is 0 Å². The van der Waals surface area contributed by atoms with Crippen LogP contribution >= 0.6 is 0 Å². The molecule has 1 aromatic heterocycles. The number of hydrogen-bond donors (Lipinski definition) is 2. The third kappa shape index (κ3) is 2.07. The van der Waals surface area contributed by atoms with Gasteiger partial charge in [0.25, 0.3) is 0 Å². The lowest BCUT2D eigenvalue weighted by molar-refractivity contribution is 0.0694. The molecule has 0 amide bonds. The van der Waals surface area contributed by atoms with Crippen LogP contribution in [0.2, 0.25) is 0 Å². The Hall–Kier alpha value is -3.26. The minimum atomic E-state index is -1.19. The van der Waals surface area contributed by atoms with Gasteiger partial charge in [0.15, 0.2) is 0 Å². The zero-order valence-corrected chi connectivity index (χ0v) is 11.7. The summed E-state index contributed by atoms with van der Waals surface area (Å²) in [6.07, 6.45) is 1.68. The Labute approximate surface area is 126 Å². The number of carboxylic acids is 1. The van der Waals surface area contributed by atoms with Crippen molar-refractivity contribution in [3.8, 4) is 17.5 Å². The molecule has 2 N–H and O–H groups in total. The number of carboxylic acid groups (broad SMARTS) is 1. The molecule has 0 atom stereocenters. The molecule has 108 valence electrons. The van der Waals surface area contributed by atoms with Crippen LogP contribution in [0.25, 0.3) is 16.6 Å². The first kappa shape index (κ1) is 13.7. The van der Waals surface area contributed by atoms with Crippen LogP contribution in [0, 0.1) is 18.3 Å². The van der Waals surface area contributed by atoms with Gasteiger partial charge in [-0.1, -0.05) is 12.1 Å².